The molecule has 2 aromatic rings. The Bertz CT molecular complexity index is 809. The smallest absolute Gasteiger partial charge is 0.325 e. The first-order valence-electron chi connectivity index (χ1n) is 7.83. The van der Waals surface area contributed by atoms with E-state index in [-0.39, 0.29) is 12.3 Å². The number of thioether (sulfide) groups is 1. The molecule has 0 radical (unpaired) electrons. The molecule has 0 aliphatic carbocycles. The van der Waals surface area contributed by atoms with Crippen LogP contribution in [-0.2, 0) is 14.3 Å². The number of carbonyl (C=O) groups is 2. The maximum absolute atomic E-state index is 13.7. The van der Waals surface area contributed by atoms with Crippen LogP contribution >= 0.6 is 11.8 Å². The molecule has 1 unspecified atom stereocenters. The third-order valence-electron chi connectivity index (χ3n) is 4.23. The standard InChI is InChI=1S/C19H18FNO3S/c1-12-6-8-15(9-7-12)25-19(18(23)24-2)11-16(22)21-17(19)13-4-3-5-14(20)10-13/h3-10,17H,11H2,1-2H3,(H,21,22)/t17?,19-/m1/s1. The lowest BCUT2D eigenvalue weighted by Gasteiger charge is -2.31. The molecule has 0 spiro atoms. The van der Waals surface area contributed by atoms with Gasteiger partial charge in [-0.3, -0.25) is 9.59 Å². The van der Waals surface area contributed by atoms with Gasteiger partial charge in [-0.05, 0) is 36.8 Å². The Morgan fingerprint density at radius 2 is 2.00 bits per heavy atom. The number of hydrogen-bond donors (Lipinski definition) is 1. The molecule has 25 heavy (non-hydrogen) atoms. The normalized spacial score (nSPS) is 22.5. The number of rotatable bonds is 4. The van der Waals surface area contributed by atoms with Gasteiger partial charge in [-0.1, -0.05) is 29.8 Å². The van der Waals surface area contributed by atoms with E-state index in [2.05, 4.69) is 5.32 Å². The van der Waals surface area contributed by atoms with Crippen LogP contribution in [0.2, 0.25) is 0 Å². The lowest BCUT2D eigenvalue weighted by Crippen LogP contribution is -2.41. The molecule has 130 valence electrons. The lowest BCUT2D eigenvalue weighted by atomic mass is 9.93. The van der Waals surface area contributed by atoms with Crippen molar-refractivity contribution in [3.05, 3.63) is 65.5 Å². The van der Waals surface area contributed by atoms with Crippen molar-refractivity contribution in [3.8, 4) is 0 Å². The van der Waals surface area contributed by atoms with E-state index in [4.69, 9.17) is 4.74 Å². The number of hydrogen-bond acceptors (Lipinski definition) is 4. The van der Waals surface area contributed by atoms with Crippen LogP contribution in [-0.4, -0.2) is 23.7 Å². The van der Waals surface area contributed by atoms with Gasteiger partial charge < -0.3 is 10.1 Å². The molecular weight excluding hydrogens is 341 g/mol. The summed E-state index contributed by atoms with van der Waals surface area (Å²) in [5.41, 5.74) is 1.63. The number of aryl methyl sites for hydroxylation is 1. The SMILES string of the molecule is COC(=O)[C@@]1(Sc2ccc(C)cc2)CC(=O)NC1c1cccc(F)c1. The zero-order valence-electron chi connectivity index (χ0n) is 13.9. The molecule has 2 atom stereocenters. The van der Waals surface area contributed by atoms with Crippen LogP contribution < -0.4 is 5.32 Å². The largest absolute Gasteiger partial charge is 0.468 e. The number of halogens is 1. The average Bonchev–Trinajstić information content (AvgIpc) is 2.93. The summed E-state index contributed by atoms with van der Waals surface area (Å²) in [5, 5.41) is 2.81. The predicted molar refractivity (Wildman–Crippen MR) is 93.7 cm³/mol. The van der Waals surface area contributed by atoms with Crippen LogP contribution in [0.1, 0.15) is 23.6 Å². The summed E-state index contributed by atoms with van der Waals surface area (Å²) in [7, 11) is 1.30. The van der Waals surface area contributed by atoms with Gasteiger partial charge in [-0.15, -0.1) is 11.8 Å². The predicted octanol–water partition coefficient (Wildman–Crippen LogP) is 3.40. The minimum Gasteiger partial charge on any atom is -0.468 e. The van der Waals surface area contributed by atoms with Crippen molar-refractivity contribution in [1.82, 2.24) is 5.32 Å². The number of methoxy groups -OCH3 is 1. The fourth-order valence-corrected chi connectivity index (χ4v) is 4.40. The van der Waals surface area contributed by atoms with E-state index >= 15 is 0 Å². The molecule has 1 aliphatic heterocycles. The number of esters is 1. The molecule has 3 rings (SSSR count). The van der Waals surface area contributed by atoms with Crippen molar-refractivity contribution in [2.45, 2.75) is 29.0 Å². The van der Waals surface area contributed by atoms with Crippen LogP contribution in [0, 0.1) is 12.7 Å². The molecule has 1 N–H and O–H groups in total. The summed E-state index contributed by atoms with van der Waals surface area (Å²) in [6.45, 7) is 1.97. The number of benzene rings is 2. The summed E-state index contributed by atoms with van der Waals surface area (Å²) >= 11 is 1.27. The molecule has 0 aromatic heterocycles. The van der Waals surface area contributed by atoms with Crippen LogP contribution in [0.5, 0.6) is 0 Å². The van der Waals surface area contributed by atoms with Crippen molar-refractivity contribution in [3.63, 3.8) is 0 Å². The van der Waals surface area contributed by atoms with E-state index in [0.717, 1.165) is 10.5 Å². The third kappa shape index (κ3) is 3.39. The maximum Gasteiger partial charge on any atom is 0.325 e. The first-order chi connectivity index (χ1) is 11.9. The Balaban J connectivity index is 2.06. The lowest BCUT2D eigenvalue weighted by molar-refractivity contribution is -0.144. The van der Waals surface area contributed by atoms with Crippen molar-refractivity contribution in [1.29, 1.82) is 0 Å². The molecule has 0 saturated carbocycles. The van der Waals surface area contributed by atoms with E-state index in [0.29, 0.717) is 5.56 Å². The van der Waals surface area contributed by atoms with E-state index in [1.165, 1.54) is 31.0 Å². The first-order valence-corrected chi connectivity index (χ1v) is 8.65. The number of ether oxygens (including phenoxy) is 1. The summed E-state index contributed by atoms with van der Waals surface area (Å²) in [4.78, 5) is 25.7. The number of nitrogens with one attached hydrogen (secondary N) is 1. The Kier molecular flexibility index (Phi) is 4.81. The fourth-order valence-electron chi connectivity index (χ4n) is 3.02. The van der Waals surface area contributed by atoms with Gasteiger partial charge in [0.25, 0.3) is 0 Å². The second kappa shape index (κ2) is 6.88. The zero-order chi connectivity index (χ0) is 18.0. The third-order valence-corrected chi connectivity index (χ3v) is 5.65. The van der Waals surface area contributed by atoms with E-state index in [1.54, 1.807) is 12.1 Å². The first kappa shape index (κ1) is 17.5. The minimum absolute atomic E-state index is 0.0284. The number of amides is 1. The summed E-state index contributed by atoms with van der Waals surface area (Å²) in [6.07, 6.45) is -0.0284. The van der Waals surface area contributed by atoms with Gasteiger partial charge in [-0.25, -0.2) is 4.39 Å². The van der Waals surface area contributed by atoms with Gasteiger partial charge in [0, 0.05) is 4.90 Å². The Labute approximate surface area is 149 Å². The molecular formula is C19H18FNO3S. The Morgan fingerprint density at radius 3 is 2.64 bits per heavy atom. The Hall–Kier alpha value is -2.34. The van der Waals surface area contributed by atoms with Crippen molar-refractivity contribution in [2.75, 3.05) is 7.11 Å². The van der Waals surface area contributed by atoms with Gasteiger partial charge >= 0.3 is 5.97 Å². The van der Waals surface area contributed by atoms with E-state index in [9.17, 15) is 14.0 Å². The van der Waals surface area contributed by atoms with Gasteiger partial charge in [0.15, 0.2) is 4.75 Å². The zero-order valence-corrected chi connectivity index (χ0v) is 14.7. The van der Waals surface area contributed by atoms with Gasteiger partial charge in [-0.2, -0.15) is 0 Å². The molecule has 1 aliphatic rings. The highest BCUT2D eigenvalue weighted by atomic mass is 32.2. The summed E-state index contributed by atoms with van der Waals surface area (Å²) in [6, 6.07) is 12.9. The topological polar surface area (TPSA) is 55.4 Å². The average molecular weight is 359 g/mol. The summed E-state index contributed by atoms with van der Waals surface area (Å²) in [5.74, 6) is -1.19. The highest BCUT2D eigenvalue weighted by Crippen LogP contribution is 2.49. The van der Waals surface area contributed by atoms with Crippen molar-refractivity contribution >= 4 is 23.6 Å². The van der Waals surface area contributed by atoms with Crippen LogP contribution in [0.25, 0.3) is 0 Å². The molecule has 4 nitrogen and oxygen atoms in total. The van der Waals surface area contributed by atoms with Crippen molar-refractivity contribution < 1.29 is 18.7 Å². The maximum atomic E-state index is 13.7. The second-order valence-corrected chi connectivity index (χ2v) is 7.43. The number of carbonyl (C=O) groups excluding carboxylic acids is 2. The van der Waals surface area contributed by atoms with E-state index < -0.39 is 22.6 Å². The molecule has 1 fully saturated rings. The molecule has 0 bridgehead atoms. The molecule has 1 saturated heterocycles. The van der Waals surface area contributed by atoms with Crippen LogP contribution in [0.4, 0.5) is 4.39 Å². The monoisotopic (exact) mass is 359 g/mol. The molecule has 1 amide bonds. The Morgan fingerprint density at radius 1 is 1.28 bits per heavy atom. The highest BCUT2D eigenvalue weighted by Gasteiger charge is 2.55. The molecule has 2 aromatic carbocycles. The quantitative estimate of drug-likeness (QED) is 0.850. The summed E-state index contributed by atoms with van der Waals surface area (Å²) < 4.78 is 17.5. The van der Waals surface area contributed by atoms with Gasteiger partial charge in [0.05, 0.1) is 19.6 Å². The van der Waals surface area contributed by atoms with E-state index in [1.807, 2.05) is 31.2 Å². The van der Waals surface area contributed by atoms with Crippen LogP contribution in [0.15, 0.2) is 53.4 Å². The van der Waals surface area contributed by atoms with Gasteiger partial charge in [0.2, 0.25) is 5.91 Å². The highest BCUT2D eigenvalue weighted by molar-refractivity contribution is 8.01. The second-order valence-electron chi connectivity index (χ2n) is 6.03. The molecule has 6 heteroatoms. The van der Waals surface area contributed by atoms with Crippen LogP contribution in [0.3, 0.4) is 0 Å². The van der Waals surface area contributed by atoms with Crippen molar-refractivity contribution in [2.24, 2.45) is 0 Å². The molecule has 1 heterocycles. The minimum atomic E-state index is -1.19. The fraction of sp³-hybridized carbons (Fsp3) is 0.263. The van der Waals surface area contributed by atoms with Gasteiger partial charge in [0.1, 0.15) is 5.82 Å².